The fraction of sp³-hybridized carbons (Fsp3) is 0.286. The Morgan fingerprint density at radius 2 is 1.66 bits per heavy atom. The molecule has 35 heavy (non-hydrogen) atoms. The second kappa shape index (κ2) is 12.6. The monoisotopic (exact) mass is 509 g/mol. The number of nitrogens with zero attached hydrogens (tertiary/aromatic N) is 2. The van der Waals surface area contributed by atoms with Gasteiger partial charge < -0.3 is 14.6 Å². The highest BCUT2D eigenvalue weighted by atomic mass is 35.5. The van der Waals surface area contributed by atoms with E-state index in [2.05, 4.69) is 22.0 Å². The van der Waals surface area contributed by atoms with Gasteiger partial charge in [0.15, 0.2) is 0 Å². The maximum Gasteiger partial charge on any atom is 0.251 e. The number of carbonyl (C=O) groups is 1. The number of rotatable bonds is 12. The normalized spacial score (nSPS) is 11.0. The van der Waals surface area contributed by atoms with Crippen molar-refractivity contribution in [1.29, 1.82) is 0 Å². The Kier molecular flexibility index (Phi) is 9.04. The predicted molar refractivity (Wildman–Crippen MR) is 143 cm³/mol. The number of nitrogens with one attached hydrogen (secondary N) is 1. The first-order valence-corrected chi connectivity index (χ1v) is 12.7. The Morgan fingerprint density at radius 1 is 0.886 bits per heavy atom. The van der Waals surface area contributed by atoms with E-state index < -0.39 is 0 Å². The molecular formula is C28H29Cl2N3O2. The van der Waals surface area contributed by atoms with Gasteiger partial charge in [0, 0.05) is 30.1 Å². The Hall–Kier alpha value is -3.02. The molecule has 0 bridgehead atoms. The molecular weight excluding hydrogens is 481 g/mol. The largest absolute Gasteiger partial charge is 0.492 e. The second-order valence-corrected chi connectivity index (χ2v) is 9.22. The topological polar surface area (TPSA) is 56.2 Å². The predicted octanol–water partition coefficient (Wildman–Crippen LogP) is 6.96. The first kappa shape index (κ1) is 25.1. The summed E-state index contributed by atoms with van der Waals surface area (Å²) < 4.78 is 8.16. The number of carbonyl (C=O) groups excluding carboxylic acids is 1. The number of hydrogen-bond donors (Lipinski definition) is 1. The van der Waals surface area contributed by atoms with Crippen molar-refractivity contribution in [2.75, 3.05) is 13.2 Å². The van der Waals surface area contributed by atoms with Crippen LogP contribution in [-0.4, -0.2) is 28.6 Å². The number of imidazole rings is 1. The molecule has 4 rings (SSSR count). The van der Waals surface area contributed by atoms with Gasteiger partial charge in [-0.2, -0.15) is 0 Å². The van der Waals surface area contributed by atoms with Crippen molar-refractivity contribution in [2.24, 2.45) is 0 Å². The minimum absolute atomic E-state index is 0.0672. The quantitative estimate of drug-likeness (QED) is 0.210. The standard InChI is InChI=1S/C28H29Cl2N3O2/c29-22-16-14-21(15-17-22)28(34)31-18-7-1-2-13-27-32-24-10-4-5-11-25(24)33(27)19-8-20-35-26-12-6-3-9-23(26)30/h3-6,9-12,14-17H,1-2,7-8,13,18-20H2,(H,31,34). The van der Waals surface area contributed by atoms with Crippen LogP contribution in [0.2, 0.25) is 10.0 Å². The highest BCUT2D eigenvalue weighted by molar-refractivity contribution is 6.32. The van der Waals surface area contributed by atoms with Gasteiger partial charge in [0.2, 0.25) is 0 Å². The lowest BCUT2D eigenvalue weighted by Crippen LogP contribution is -2.24. The summed E-state index contributed by atoms with van der Waals surface area (Å²) in [7, 11) is 0. The minimum Gasteiger partial charge on any atom is -0.492 e. The smallest absolute Gasteiger partial charge is 0.251 e. The lowest BCUT2D eigenvalue weighted by atomic mass is 10.1. The van der Waals surface area contributed by atoms with Crippen LogP contribution in [0.25, 0.3) is 11.0 Å². The molecule has 0 aliphatic carbocycles. The second-order valence-electron chi connectivity index (χ2n) is 8.37. The zero-order valence-electron chi connectivity index (χ0n) is 19.6. The van der Waals surface area contributed by atoms with Crippen molar-refractivity contribution in [3.63, 3.8) is 0 Å². The molecule has 0 unspecified atom stereocenters. The van der Waals surface area contributed by atoms with E-state index in [1.165, 1.54) is 0 Å². The van der Waals surface area contributed by atoms with Crippen LogP contribution in [0.1, 0.15) is 41.9 Å². The Balaban J connectivity index is 1.24. The zero-order valence-corrected chi connectivity index (χ0v) is 21.1. The summed E-state index contributed by atoms with van der Waals surface area (Å²) in [4.78, 5) is 17.1. The summed E-state index contributed by atoms with van der Waals surface area (Å²) in [6, 6.07) is 22.7. The number of para-hydroxylation sites is 3. The molecule has 5 nitrogen and oxygen atoms in total. The summed E-state index contributed by atoms with van der Waals surface area (Å²) in [5, 5.41) is 4.23. The van der Waals surface area contributed by atoms with Crippen molar-refractivity contribution in [3.05, 3.63) is 94.2 Å². The number of aromatic nitrogens is 2. The third kappa shape index (κ3) is 7.00. The summed E-state index contributed by atoms with van der Waals surface area (Å²) in [6.07, 6.45) is 4.70. The van der Waals surface area contributed by atoms with Crippen LogP contribution in [0.5, 0.6) is 5.75 Å². The van der Waals surface area contributed by atoms with Crippen molar-refractivity contribution in [2.45, 2.75) is 38.6 Å². The van der Waals surface area contributed by atoms with Gasteiger partial charge in [0.25, 0.3) is 5.91 Å². The van der Waals surface area contributed by atoms with E-state index >= 15 is 0 Å². The number of hydrogen-bond acceptors (Lipinski definition) is 3. The molecule has 0 spiro atoms. The van der Waals surface area contributed by atoms with E-state index in [-0.39, 0.29) is 5.91 Å². The van der Waals surface area contributed by atoms with E-state index in [4.69, 9.17) is 32.9 Å². The molecule has 0 radical (unpaired) electrons. The van der Waals surface area contributed by atoms with Crippen LogP contribution in [0.3, 0.4) is 0 Å². The van der Waals surface area contributed by atoms with Crippen LogP contribution < -0.4 is 10.1 Å². The summed E-state index contributed by atoms with van der Waals surface area (Å²) in [5.41, 5.74) is 2.79. The molecule has 7 heteroatoms. The molecule has 0 fully saturated rings. The molecule has 0 atom stereocenters. The Bertz CT molecular complexity index is 1250. The lowest BCUT2D eigenvalue weighted by molar-refractivity contribution is 0.0953. The first-order chi connectivity index (χ1) is 17.1. The molecule has 1 aromatic heterocycles. The average molecular weight is 510 g/mol. The molecule has 3 aromatic carbocycles. The van der Waals surface area contributed by atoms with Gasteiger partial charge in [0.1, 0.15) is 11.6 Å². The lowest BCUT2D eigenvalue weighted by Gasteiger charge is -2.11. The Labute approximate surface area is 216 Å². The van der Waals surface area contributed by atoms with Crippen molar-refractivity contribution in [1.82, 2.24) is 14.9 Å². The van der Waals surface area contributed by atoms with Crippen molar-refractivity contribution >= 4 is 40.1 Å². The fourth-order valence-corrected chi connectivity index (χ4v) is 4.34. The molecule has 0 aliphatic heterocycles. The van der Waals surface area contributed by atoms with Crippen LogP contribution >= 0.6 is 23.2 Å². The van der Waals surface area contributed by atoms with Gasteiger partial charge in [-0.1, -0.05) is 53.9 Å². The highest BCUT2D eigenvalue weighted by Crippen LogP contribution is 2.23. The van der Waals surface area contributed by atoms with Gasteiger partial charge in [-0.3, -0.25) is 4.79 Å². The Morgan fingerprint density at radius 3 is 2.49 bits per heavy atom. The van der Waals surface area contributed by atoms with Crippen molar-refractivity contribution in [3.8, 4) is 5.75 Å². The number of ether oxygens (including phenoxy) is 1. The maximum atomic E-state index is 12.2. The molecule has 1 amide bonds. The average Bonchev–Trinajstić information content (AvgIpc) is 3.22. The third-order valence-electron chi connectivity index (χ3n) is 5.82. The van der Waals surface area contributed by atoms with E-state index in [0.717, 1.165) is 55.5 Å². The van der Waals surface area contributed by atoms with Gasteiger partial charge in [-0.05, 0) is 67.8 Å². The van der Waals surface area contributed by atoms with Crippen molar-refractivity contribution < 1.29 is 9.53 Å². The van der Waals surface area contributed by atoms with Crippen LogP contribution in [0.15, 0.2) is 72.8 Å². The first-order valence-electron chi connectivity index (χ1n) is 12.0. The number of unbranched alkanes of at least 4 members (excludes halogenated alkanes) is 2. The van der Waals surface area contributed by atoms with Crippen LogP contribution in [0.4, 0.5) is 0 Å². The molecule has 182 valence electrons. The third-order valence-corrected chi connectivity index (χ3v) is 6.39. The van der Waals surface area contributed by atoms with Gasteiger partial charge in [-0.25, -0.2) is 4.98 Å². The summed E-state index contributed by atoms with van der Waals surface area (Å²) >= 11 is 12.1. The van der Waals surface area contributed by atoms with Gasteiger partial charge >= 0.3 is 0 Å². The van der Waals surface area contributed by atoms with Crippen LogP contribution in [0, 0.1) is 0 Å². The summed E-state index contributed by atoms with van der Waals surface area (Å²) in [6.45, 7) is 2.07. The molecule has 0 aliphatic rings. The van der Waals surface area contributed by atoms with Crippen LogP contribution in [-0.2, 0) is 13.0 Å². The molecule has 1 heterocycles. The number of aryl methyl sites for hydroxylation is 2. The number of amides is 1. The van der Waals surface area contributed by atoms with E-state index in [1.807, 2.05) is 36.4 Å². The SMILES string of the molecule is O=C(NCCCCCc1nc2ccccc2n1CCCOc1ccccc1Cl)c1ccc(Cl)cc1. The number of benzene rings is 3. The zero-order chi connectivity index (χ0) is 24.5. The van der Waals surface area contributed by atoms with E-state index in [9.17, 15) is 4.79 Å². The molecule has 4 aromatic rings. The molecule has 0 saturated heterocycles. The number of halogens is 2. The fourth-order valence-electron chi connectivity index (χ4n) is 4.02. The molecule has 1 N–H and O–H groups in total. The minimum atomic E-state index is -0.0672. The maximum absolute atomic E-state index is 12.2. The molecule has 0 saturated carbocycles. The van der Waals surface area contributed by atoms with Gasteiger partial charge in [0.05, 0.1) is 22.7 Å². The van der Waals surface area contributed by atoms with Gasteiger partial charge in [-0.15, -0.1) is 0 Å². The number of fused-ring (bicyclic) bond motifs is 1. The van der Waals surface area contributed by atoms with E-state index in [1.54, 1.807) is 24.3 Å². The highest BCUT2D eigenvalue weighted by Gasteiger charge is 2.11. The van der Waals surface area contributed by atoms with E-state index in [0.29, 0.717) is 34.5 Å². The summed E-state index contributed by atoms with van der Waals surface area (Å²) in [5.74, 6) is 1.74.